The quantitative estimate of drug-likeness (QED) is 0.539. The molecule has 1 aliphatic rings. The Balaban J connectivity index is 1.72. The van der Waals surface area contributed by atoms with Crippen molar-refractivity contribution in [3.8, 4) is 17.1 Å². The first kappa shape index (κ1) is 18.1. The van der Waals surface area contributed by atoms with Crippen LogP contribution >= 0.6 is 27.7 Å². The summed E-state index contributed by atoms with van der Waals surface area (Å²) in [6, 6.07) is 9.66. The van der Waals surface area contributed by atoms with Crippen molar-refractivity contribution in [3.05, 3.63) is 52.9 Å². The number of aromatic nitrogens is 3. The highest BCUT2D eigenvalue weighted by Crippen LogP contribution is 2.38. The second-order valence-electron chi connectivity index (χ2n) is 5.84. The van der Waals surface area contributed by atoms with Crippen molar-refractivity contribution >= 4 is 39.5 Å². The average molecular weight is 445 g/mol. The van der Waals surface area contributed by atoms with E-state index in [4.69, 9.17) is 9.15 Å². The molecule has 1 aromatic carbocycles. The fraction of sp³-hybridized carbons (Fsp3) is 0.211. The Labute approximate surface area is 169 Å². The third-order valence-electron chi connectivity index (χ3n) is 3.82. The van der Waals surface area contributed by atoms with Crippen LogP contribution in [-0.4, -0.2) is 27.2 Å². The van der Waals surface area contributed by atoms with E-state index in [0.29, 0.717) is 16.7 Å². The van der Waals surface area contributed by atoms with E-state index in [1.54, 1.807) is 18.0 Å². The Morgan fingerprint density at radius 2 is 2.22 bits per heavy atom. The van der Waals surface area contributed by atoms with Crippen molar-refractivity contribution in [1.82, 2.24) is 15.2 Å². The van der Waals surface area contributed by atoms with Gasteiger partial charge in [0.05, 0.1) is 6.26 Å². The third kappa shape index (κ3) is 4.17. The lowest BCUT2D eigenvalue weighted by molar-refractivity contribution is 0.266. The van der Waals surface area contributed by atoms with Crippen LogP contribution in [0.4, 0.5) is 5.69 Å². The number of benzene rings is 1. The van der Waals surface area contributed by atoms with Crippen LogP contribution in [-0.2, 0) is 0 Å². The minimum Gasteiger partial charge on any atom is -0.465 e. The molecule has 6 nitrogen and oxygen atoms in total. The van der Waals surface area contributed by atoms with Crippen molar-refractivity contribution in [1.29, 1.82) is 0 Å². The van der Waals surface area contributed by atoms with Gasteiger partial charge in [0.15, 0.2) is 11.9 Å². The van der Waals surface area contributed by atoms with Gasteiger partial charge in [-0.1, -0.05) is 34.6 Å². The number of furan rings is 1. The zero-order chi connectivity index (χ0) is 18.6. The fourth-order valence-electron chi connectivity index (χ4n) is 2.60. The van der Waals surface area contributed by atoms with Crippen LogP contribution in [0.5, 0.6) is 5.88 Å². The number of thioether (sulfide) groups is 1. The summed E-state index contributed by atoms with van der Waals surface area (Å²) in [6.45, 7) is 2.12. The molecule has 1 unspecified atom stereocenters. The van der Waals surface area contributed by atoms with Gasteiger partial charge in [0, 0.05) is 21.5 Å². The van der Waals surface area contributed by atoms with Gasteiger partial charge in [-0.05, 0) is 48.9 Å². The predicted molar refractivity (Wildman–Crippen MR) is 110 cm³/mol. The highest BCUT2D eigenvalue weighted by molar-refractivity contribution is 9.10. The molecule has 2 aromatic heterocycles. The molecular weight excluding hydrogens is 428 g/mol. The summed E-state index contributed by atoms with van der Waals surface area (Å²) in [7, 11) is 0. The number of ether oxygens (including phenoxy) is 1. The molecule has 0 radical (unpaired) electrons. The number of hydrogen-bond donors (Lipinski definition) is 1. The molecule has 0 saturated carbocycles. The number of anilines is 1. The Hall–Kier alpha value is -2.32. The highest BCUT2D eigenvalue weighted by atomic mass is 79.9. The number of fused-ring (bicyclic) bond motifs is 3. The van der Waals surface area contributed by atoms with Gasteiger partial charge in [-0.2, -0.15) is 4.98 Å². The van der Waals surface area contributed by atoms with E-state index in [1.807, 2.05) is 42.5 Å². The average Bonchev–Trinajstić information content (AvgIpc) is 3.14. The largest absolute Gasteiger partial charge is 0.465 e. The van der Waals surface area contributed by atoms with Gasteiger partial charge in [0.25, 0.3) is 0 Å². The molecule has 3 aromatic rings. The minimum absolute atomic E-state index is 0.419. The van der Waals surface area contributed by atoms with Crippen LogP contribution in [0.15, 0.2) is 56.7 Å². The van der Waals surface area contributed by atoms with E-state index < -0.39 is 6.23 Å². The Kier molecular flexibility index (Phi) is 5.45. The lowest BCUT2D eigenvalue weighted by Gasteiger charge is -2.15. The summed E-state index contributed by atoms with van der Waals surface area (Å²) in [5.74, 6) is 2.14. The fourth-order valence-corrected chi connectivity index (χ4v) is 3.59. The maximum atomic E-state index is 6.12. The molecule has 3 heterocycles. The lowest BCUT2D eigenvalue weighted by atomic mass is 10.1. The zero-order valence-corrected chi connectivity index (χ0v) is 17.0. The monoisotopic (exact) mass is 444 g/mol. The smallest absolute Gasteiger partial charge is 0.247 e. The normalized spacial score (nSPS) is 15.6. The Morgan fingerprint density at radius 3 is 3.04 bits per heavy atom. The molecule has 0 fully saturated rings. The number of rotatable bonds is 5. The molecule has 1 aliphatic heterocycles. The first-order valence-corrected chi connectivity index (χ1v) is 10.3. The molecule has 4 rings (SSSR count). The van der Waals surface area contributed by atoms with Gasteiger partial charge in [-0.3, -0.25) is 0 Å². The van der Waals surface area contributed by atoms with Crippen molar-refractivity contribution in [3.63, 3.8) is 0 Å². The second kappa shape index (κ2) is 8.14. The van der Waals surface area contributed by atoms with Gasteiger partial charge >= 0.3 is 0 Å². The SMILES string of the molecule is CCCSc1nnc2c(n1)OC(/C=C/c1ccco1)Nc1ccc(Br)cc1-2. The number of halogens is 1. The molecular formula is C19H17BrN4O2S. The van der Waals surface area contributed by atoms with E-state index in [-0.39, 0.29) is 0 Å². The van der Waals surface area contributed by atoms with Crippen LogP contribution in [0.1, 0.15) is 19.1 Å². The van der Waals surface area contributed by atoms with Crippen molar-refractivity contribution in [2.45, 2.75) is 24.7 Å². The molecule has 27 heavy (non-hydrogen) atoms. The van der Waals surface area contributed by atoms with E-state index in [2.05, 4.69) is 43.4 Å². The van der Waals surface area contributed by atoms with Gasteiger partial charge in [0.1, 0.15) is 5.76 Å². The summed E-state index contributed by atoms with van der Waals surface area (Å²) in [6.07, 6.45) is 6.01. The number of nitrogens with one attached hydrogen (secondary N) is 1. The molecule has 138 valence electrons. The topological polar surface area (TPSA) is 73.1 Å². The van der Waals surface area contributed by atoms with Crippen LogP contribution in [0.3, 0.4) is 0 Å². The maximum Gasteiger partial charge on any atom is 0.247 e. The van der Waals surface area contributed by atoms with Crippen LogP contribution in [0, 0.1) is 0 Å². The zero-order valence-electron chi connectivity index (χ0n) is 14.6. The highest BCUT2D eigenvalue weighted by Gasteiger charge is 2.24. The lowest BCUT2D eigenvalue weighted by Crippen LogP contribution is -2.23. The van der Waals surface area contributed by atoms with Crippen molar-refractivity contribution in [2.24, 2.45) is 0 Å². The number of hydrogen-bond acceptors (Lipinski definition) is 7. The van der Waals surface area contributed by atoms with E-state index >= 15 is 0 Å². The predicted octanol–water partition coefficient (Wildman–Crippen LogP) is 5.24. The van der Waals surface area contributed by atoms with Gasteiger partial charge < -0.3 is 14.5 Å². The second-order valence-corrected chi connectivity index (χ2v) is 7.82. The summed E-state index contributed by atoms with van der Waals surface area (Å²) >= 11 is 5.09. The summed E-state index contributed by atoms with van der Waals surface area (Å²) in [5.41, 5.74) is 2.41. The summed E-state index contributed by atoms with van der Waals surface area (Å²) in [4.78, 5) is 4.59. The molecule has 8 heteroatoms. The number of nitrogens with zero attached hydrogens (tertiary/aromatic N) is 3. The van der Waals surface area contributed by atoms with Gasteiger partial charge in [-0.15, -0.1) is 10.2 Å². The first-order valence-electron chi connectivity index (χ1n) is 8.55. The molecule has 0 saturated heterocycles. The van der Waals surface area contributed by atoms with Gasteiger partial charge in [-0.25, -0.2) is 0 Å². The van der Waals surface area contributed by atoms with Crippen molar-refractivity contribution < 1.29 is 9.15 Å². The molecule has 0 spiro atoms. The molecule has 1 N–H and O–H groups in total. The minimum atomic E-state index is -0.419. The molecule has 0 aliphatic carbocycles. The Bertz CT molecular complexity index is 962. The van der Waals surface area contributed by atoms with Gasteiger partial charge in [0.2, 0.25) is 11.0 Å². The molecule has 0 amide bonds. The standard InChI is InChI=1S/C19H17BrN4O2S/c1-2-10-27-19-22-18-17(23-24-19)14-11-12(20)5-7-15(14)21-16(26-18)8-6-13-4-3-9-25-13/h3-9,11,16,21H,2,10H2,1H3/b8-6+. The van der Waals surface area contributed by atoms with Crippen molar-refractivity contribution in [2.75, 3.05) is 11.1 Å². The van der Waals surface area contributed by atoms with E-state index in [0.717, 1.165) is 33.7 Å². The van der Waals surface area contributed by atoms with Crippen LogP contribution in [0.25, 0.3) is 17.3 Å². The van der Waals surface area contributed by atoms with Crippen LogP contribution < -0.4 is 10.1 Å². The first-order chi connectivity index (χ1) is 13.2. The van der Waals surface area contributed by atoms with Crippen LogP contribution in [0.2, 0.25) is 0 Å². The molecule has 1 atom stereocenters. The maximum absolute atomic E-state index is 6.12. The summed E-state index contributed by atoms with van der Waals surface area (Å²) < 4.78 is 12.4. The third-order valence-corrected chi connectivity index (χ3v) is 5.36. The van der Waals surface area contributed by atoms with E-state index in [9.17, 15) is 0 Å². The summed E-state index contributed by atoms with van der Waals surface area (Å²) in [5, 5.41) is 12.6. The Morgan fingerprint density at radius 1 is 1.30 bits per heavy atom. The van der Waals surface area contributed by atoms with E-state index in [1.165, 1.54) is 0 Å². The molecule has 0 bridgehead atoms.